The lowest BCUT2D eigenvalue weighted by Gasteiger charge is -1.98. The van der Waals surface area contributed by atoms with Gasteiger partial charge in [0.2, 0.25) is 5.91 Å². The quantitative estimate of drug-likeness (QED) is 0.493. The number of unbranched alkanes of at least 4 members (excludes halogenated alkanes) is 2. The molecule has 1 N–H and O–H groups in total. The molecule has 14 heavy (non-hydrogen) atoms. The Morgan fingerprint density at radius 2 is 2.00 bits per heavy atom. The van der Waals surface area contributed by atoms with Crippen molar-refractivity contribution in [3.63, 3.8) is 0 Å². The molecule has 0 spiro atoms. The molecule has 0 aromatic carbocycles. The molecule has 0 radical (unpaired) electrons. The highest BCUT2D eigenvalue weighted by molar-refractivity contribution is 5.75. The van der Waals surface area contributed by atoms with Crippen molar-refractivity contribution in [3.05, 3.63) is 12.2 Å². The van der Waals surface area contributed by atoms with Gasteiger partial charge in [-0.25, -0.2) is 0 Å². The van der Waals surface area contributed by atoms with Crippen LogP contribution in [-0.4, -0.2) is 13.0 Å². The van der Waals surface area contributed by atoms with Crippen molar-refractivity contribution in [1.82, 2.24) is 5.32 Å². The first-order valence-electron chi connectivity index (χ1n) is 5.52. The van der Waals surface area contributed by atoms with E-state index in [9.17, 15) is 4.79 Å². The molecule has 0 fully saturated rings. The van der Waals surface area contributed by atoms with E-state index in [2.05, 4.69) is 31.3 Å². The highest BCUT2D eigenvalue weighted by atomic mass is 16.1. The van der Waals surface area contributed by atoms with Crippen LogP contribution in [0.4, 0.5) is 0 Å². The van der Waals surface area contributed by atoms with Crippen molar-refractivity contribution in [3.8, 4) is 0 Å². The van der Waals surface area contributed by atoms with Gasteiger partial charge < -0.3 is 5.32 Å². The smallest absolute Gasteiger partial charge is 0.219 e. The molecule has 0 aliphatic carbocycles. The Morgan fingerprint density at radius 3 is 2.57 bits per heavy atom. The molecule has 0 aromatic rings. The van der Waals surface area contributed by atoms with Crippen molar-refractivity contribution >= 4 is 5.91 Å². The molecule has 0 saturated carbocycles. The SMILES string of the molecule is CNC(=O)CCCCC=CCC(C)C. The molecule has 0 aromatic heterocycles. The zero-order valence-electron chi connectivity index (χ0n) is 9.68. The van der Waals surface area contributed by atoms with Crippen LogP contribution in [0.3, 0.4) is 0 Å². The number of rotatable bonds is 7. The summed E-state index contributed by atoms with van der Waals surface area (Å²) < 4.78 is 0. The van der Waals surface area contributed by atoms with Crippen LogP contribution in [0.2, 0.25) is 0 Å². The fourth-order valence-corrected chi connectivity index (χ4v) is 1.16. The summed E-state index contributed by atoms with van der Waals surface area (Å²) in [6.45, 7) is 4.44. The zero-order chi connectivity index (χ0) is 10.8. The molecular formula is C12H23NO. The Balaban J connectivity index is 3.21. The first-order chi connectivity index (χ1) is 6.66. The number of hydrogen-bond donors (Lipinski definition) is 1. The summed E-state index contributed by atoms with van der Waals surface area (Å²) in [6, 6.07) is 0. The van der Waals surface area contributed by atoms with Crippen LogP contribution in [0.1, 0.15) is 46.0 Å². The summed E-state index contributed by atoms with van der Waals surface area (Å²) in [5.74, 6) is 0.897. The van der Waals surface area contributed by atoms with E-state index in [0.29, 0.717) is 6.42 Å². The Kier molecular flexibility index (Phi) is 8.30. The fraction of sp³-hybridized carbons (Fsp3) is 0.750. The summed E-state index contributed by atoms with van der Waals surface area (Å²) >= 11 is 0. The number of nitrogens with one attached hydrogen (secondary N) is 1. The van der Waals surface area contributed by atoms with E-state index in [1.54, 1.807) is 7.05 Å². The second-order valence-electron chi connectivity index (χ2n) is 4.02. The number of carbonyl (C=O) groups is 1. The van der Waals surface area contributed by atoms with E-state index in [-0.39, 0.29) is 5.91 Å². The second-order valence-corrected chi connectivity index (χ2v) is 4.02. The Labute approximate surface area is 87.8 Å². The first kappa shape index (κ1) is 13.2. The fourth-order valence-electron chi connectivity index (χ4n) is 1.16. The van der Waals surface area contributed by atoms with E-state index < -0.39 is 0 Å². The molecule has 2 nitrogen and oxygen atoms in total. The standard InChI is InChI=1S/C12H23NO/c1-11(2)9-7-5-4-6-8-10-12(14)13-3/h5,7,11H,4,6,8-10H2,1-3H3,(H,13,14). The van der Waals surface area contributed by atoms with Crippen LogP contribution in [-0.2, 0) is 4.79 Å². The predicted molar refractivity (Wildman–Crippen MR) is 61.1 cm³/mol. The minimum atomic E-state index is 0.149. The molecule has 1 amide bonds. The van der Waals surface area contributed by atoms with Crippen LogP contribution < -0.4 is 5.32 Å². The molecule has 0 aliphatic heterocycles. The van der Waals surface area contributed by atoms with E-state index in [0.717, 1.165) is 31.6 Å². The molecular weight excluding hydrogens is 174 g/mol. The average Bonchev–Trinajstić information content (AvgIpc) is 2.15. The highest BCUT2D eigenvalue weighted by Gasteiger charge is 1.95. The van der Waals surface area contributed by atoms with E-state index in [1.165, 1.54) is 0 Å². The third kappa shape index (κ3) is 9.30. The van der Waals surface area contributed by atoms with Crippen LogP contribution in [0, 0.1) is 5.92 Å². The van der Waals surface area contributed by atoms with Gasteiger partial charge >= 0.3 is 0 Å². The normalized spacial score (nSPS) is 11.1. The third-order valence-electron chi connectivity index (χ3n) is 2.08. The van der Waals surface area contributed by atoms with Gasteiger partial charge in [-0.2, -0.15) is 0 Å². The van der Waals surface area contributed by atoms with Crippen molar-refractivity contribution in [1.29, 1.82) is 0 Å². The average molecular weight is 197 g/mol. The topological polar surface area (TPSA) is 29.1 Å². The molecule has 0 unspecified atom stereocenters. The summed E-state index contributed by atoms with van der Waals surface area (Å²) in [4.78, 5) is 10.9. The van der Waals surface area contributed by atoms with Crippen LogP contribution in [0.5, 0.6) is 0 Å². The number of hydrogen-bond acceptors (Lipinski definition) is 1. The van der Waals surface area contributed by atoms with Crippen molar-refractivity contribution in [2.45, 2.75) is 46.0 Å². The van der Waals surface area contributed by atoms with Crippen LogP contribution >= 0.6 is 0 Å². The predicted octanol–water partition coefficient (Wildman–Crippen LogP) is 2.90. The molecule has 0 bridgehead atoms. The molecule has 0 saturated heterocycles. The summed E-state index contributed by atoms with van der Waals surface area (Å²) in [5, 5.41) is 2.63. The van der Waals surface area contributed by atoms with Crippen molar-refractivity contribution < 1.29 is 4.79 Å². The zero-order valence-corrected chi connectivity index (χ0v) is 9.68. The van der Waals surface area contributed by atoms with Crippen LogP contribution in [0.25, 0.3) is 0 Å². The summed E-state index contributed by atoms with van der Waals surface area (Å²) in [6.07, 6.45) is 9.50. The van der Waals surface area contributed by atoms with Gasteiger partial charge in [-0.15, -0.1) is 0 Å². The van der Waals surface area contributed by atoms with Gasteiger partial charge in [0.15, 0.2) is 0 Å². The lowest BCUT2D eigenvalue weighted by molar-refractivity contribution is -0.120. The Hall–Kier alpha value is -0.790. The molecule has 2 heteroatoms. The maximum absolute atomic E-state index is 10.9. The maximum atomic E-state index is 10.9. The van der Waals surface area contributed by atoms with E-state index >= 15 is 0 Å². The maximum Gasteiger partial charge on any atom is 0.219 e. The lowest BCUT2D eigenvalue weighted by Crippen LogP contribution is -2.16. The summed E-state index contributed by atoms with van der Waals surface area (Å²) in [5.41, 5.74) is 0. The molecule has 82 valence electrons. The first-order valence-corrected chi connectivity index (χ1v) is 5.52. The van der Waals surface area contributed by atoms with Gasteiger partial charge in [0.05, 0.1) is 0 Å². The summed E-state index contributed by atoms with van der Waals surface area (Å²) in [7, 11) is 1.69. The van der Waals surface area contributed by atoms with Crippen molar-refractivity contribution in [2.75, 3.05) is 7.05 Å². The minimum absolute atomic E-state index is 0.149. The minimum Gasteiger partial charge on any atom is -0.359 e. The Bertz CT molecular complexity index is 173. The van der Waals surface area contributed by atoms with E-state index in [4.69, 9.17) is 0 Å². The number of carbonyl (C=O) groups excluding carboxylic acids is 1. The molecule has 0 heterocycles. The van der Waals surface area contributed by atoms with Crippen LogP contribution in [0.15, 0.2) is 12.2 Å². The van der Waals surface area contributed by atoms with Gasteiger partial charge in [-0.3, -0.25) is 4.79 Å². The third-order valence-corrected chi connectivity index (χ3v) is 2.08. The van der Waals surface area contributed by atoms with E-state index in [1.807, 2.05) is 0 Å². The monoisotopic (exact) mass is 197 g/mol. The Morgan fingerprint density at radius 1 is 1.29 bits per heavy atom. The van der Waals surface area contributed by atoms with Gasteiger partial charge in [-0.05, 0) is 31.6 Å². The molecule has 0 rings (SSSR count). The van der Waals surface area contributed by atoms with Gasteiger partial charge in [-0.1, -0.05) is 26.0 Å². The second kappa shape index (κ2) is 8.79. The molecule has 0 atom stereocenters. The number of allylic oxidation sites excluding steroid dienone is 2. The van der Waals surface area contributed by atoms with Crippen molar-refractivity contribution in [2.24, 2.45) is 5.92 Å². The van der Waals surface area contributed by atoms with Gasteiger partial charge in [0, 0.05) is 13.5 Å². The van der Waals surface area contributed by atoms with Gasteiger partial charge in [0.1, 0.15) is 0 Å². The molecule has 0 aliphatic rings. The highest BCUT2D eigenvalue weighted by Crippen LogP contribution is 2.04. The largest absolute Gasteiger partial charge is 0.359 e. The lowest BCUT2D eigenvalue weighted by atomic mass is 10.1. The van der Waals surface area contributed by atoms with Gasteiger partial charge in [0.25, 0.3) is 0 Å². The number of amides is 1.